The highest BCUT2D eigenvalue weighted by atomic mass is 32.2. The molecule has 7 heteroatoms. The van der Waals surface area contributed by atoms with Crippen LogP contribution in [0.1, 0.15) is 5.56 Å². The van der Waals surface area contributed by atoms with Gasteiger partial charge in [-0.3, -0.25) is 0 Å². The largest absolute Gasteiger partial charge is 0.491 e. The Morgan fingerprint density at radius 3 is 2.57 bits per heavy atom. The monoisotopic (exact) mass is 343 g/mol. The van der Waals surface area contributed by atoms with Crippen molar-refractivity contribution in [1.82, 2.24) is 0 Å². The lowest BCUT2D eigenvalue weighted by Crippen LogP contribution is -2.20. The standard InChI is InChI=1S/C16H16F3NO2S/c17-16(18,19)11-4-3-5-13(8-11)22-9-12(21)10-23-15-7-2-1-6-14(15)20/h1-8,12,21H,9-10,20H2/t12-/m0/s1. The van der Waals surface area contributed by atoms with Crippen LogP contribution in [0.2, 0.25) is 0 Å². The molecule has 2 aromatic rings. The van der Waals surface area contributed by atoms with Gasteiger partial charge in [-0.1, -0.05) is 18.2 Å². The van der Waals surface area contributed by atoms with Crippen LogP contribution >= 0.6 is 11.8 Å². The molecule has 0 spiro atoms. The predicted octanol–water partition coefficient (Wildman–Crippen LogP) is 3.82. The van der Waals surface area contributed by atoms with Gasteiger partial charge in [-0.15, -0.1) is 11.8 Å². The summed E-state index contributed by atoms with van der Waals surface area (Å²) in [6, 6.07) is 11.8. The van der Waals surface area contributed by atoms with Gasteiger partial charge in [0.15, 0.2) is 0 Å². The molecule has 124 valence electrons. The van der Waals surface area contributed by atoms with Gasteiger partial charge in [0.25, 0.3) is 0 Å². The third kappa shape index (κ3) is 5.37. The van der Waals surface area contributed by atoms with Crippen LogP contribution in [-0.4, -0.2) is 23.6 Å². The van der Waals surface area contributed by atoms with Gasteiger partial charge >= 0.3 is 6.18 Å². The summed E-state index contributed by atoms with van der Waals surface area (Å²) >= 11 is 1.36. The maximum atomic E-state index is 12.6. The van der Waals surface area contributed by atoms with Crippen LogP contribution in [0.15, 0.2) is 53.4 Å². The Labute approximate surface area is 136 Å². The normalized spacial score (nSPS) is 12.9. The maximum absolute atomic E-state index is 12.6. The van der Waals surface area contributed by atoms with E-state index in [1.54, 1.807) is 6.07 Å². The van der Waals surface area contributed by atoms with Gasteiger partial charge in [-0.2, -0.15) is 13.2 Å². The zero-order valence-electron chi connectivity index (χ0n) is 12.1. The van der Waals surface area contributed by atoms with Crippen molar-refractivity contribution < 1.29 is 23.0 Å². The number of aliphatic hydroxyl groups excluding tert-OH is 1. The minimum absolute atomic E-state index is 0.0723. The minimum Gasteiger partial charge on any atom is -0.491 e. The summed E-state index contributed by atoms with van der Waals surface area (Å²) in [5, 5.41) is 9.88. The van der Waals surface area contributed by atoms with E-state index in [9.17, 15) is 18.3 Å². The van der Waals surface area contributed by atoms with Gasteiger partial charge in [0.1, 0.15) is 12.4 Å². The van der Waals surface area contributed by atoms with E-state index in [0.717, 1.165) is 17.0 Å². The second-order valence-electron chi connectivity index (χ2n) is 4.84. The number of ether oxygens (including phenoxy) is 1. The van der Waals surface area contributed by atoms with Crippen molar-refractivity contribution in [2.24, 2.45) is 0 Å². The fourth-order valence-electron chi connectivity index (χ4n) is 1.80. The van der Waals surface area contributed by atoms with Crippen molar-refractivity contribution in [3.05, 3.63) is 54.1 Å². The predicted molar refractivity (Wildman–Crippen MR) is 84.5 cm³/mol. The van der Waals surface area contributed by atoms with Gasteiger partial charge in [-0.25, -0.2) is 0 Å². The maximum Gasteiger partial charge on any atom is 0.416 e. The van der Waals surface area contributed by atoms with Crippen LogP contribution in [-0.2, 0) is 6.18 Å². The second-order valence-corrected chi connectivity index (χ2v) is 5.90. The Morgan fingerprint density at radius 1 is 1.13 bits per heavy atom. The Bertz CT molecular complexity index is 649. The summed E-state index contributed by atoms with van der Waals surface area (Å²) in [6.07, 6.45) is -5.24. The molecule has 0 radical (unpaired) electrons. The van der Waals surface area contributed by atoms with Crippen LogP contribution in [0.25, 0.3) is 0 Å². The van der Waals surface area contributed by atoms with Crippen LogP contribution in [0.3, 0.4) is 0 Å². The number of hydrogen-bond donors (Lipinski definition) is 2. The van der Waals surface area contributed by atoms with Gasteiger partial charge in [0, 0.05) is 16.3 Å². The average molecular weight is 343 g/mol. The molecule has 0 aliphatic heterocycles. The lowest BCUT2D eigenvalue weighted by Gasteiger charge is -2.14. The molecule has 3 nitrogen and oxygen atoms in total. The SMILES string of the molecule is Nc1ccccc1SC[C@@H](O)COc1cccc(C(F)(F)F)c1. The number of nitrogens with two attached hydrogens (primary N) is 1. The first-order valence-electron chi connectivity index (χ1n) is 6.81. The van der Waals surface area contributed by atoms with Crippen molar-refractivity contribution >= 4 is 17.4 Å². The van der Waals surface area contributed by atoms with Gasteiger partial charge in [0.2, 0.25) is 0 Å². The van der Waals surface area contributed by atoms with E-state index in [1.807, 2.05) is 18.2 Å². The van der Waals surface area contributed by atoms with Crippen molar-refractivity contribution in [3.8, 4) is 5.75 Å². The first-order valence-corrected chi connectivity index (χ1v) is 7.80. The third-order valence-electron chi connectivity index (χ3n) is 2.95. The molecule has 3 N–H and O–H groups in total. The lowest BCUT2D eigenvalue weighted by molar-refractivity contribution is -0.137. The fourth-order valence-corrected chi connectivity index (χ4v) is 2.68. The second kappa shape index (κ2) is 7.61. The molecule has 23 heavy (non-hydrogen) atoms. The van der Waals surface area contributed by atoms with Gasteiger partial charge < -0.3 is 15.6 Å². The van der Waals surface area contributed by atoms with Gasteiger partial charge in [-0.05, 0) is 30.3 Å². The summed E-state index contributed by atoms with van der Waals surface area (Å²) in [5.41, 5.74) is 5.62. The van der Waals surface area contributed by atoms with Crippen molar-refractivity contribution in [1.29, 1.82) is 0 Å². The number of anilines is 1. The molecule has 0 aromatic heterocycles. The van der Waals surface area contributed by atoms with E-state index in [0.29, 0.717) is 11.4 Å². The van der Waals surface area contributed by atoms with Gasteiger partial charge in [0.05, 0.1) is 11.7 Å². The van der Waals surface area contributed by atoms with Crippen LogP contribution in [0, 0.1) is 0 Å². The zero-order valence-corrected chi connectivity index (χ0v) is 12.9. The van der Waals surface area contributed by atoms with E-state index in [1.165, 1.54) is 23.9 Å². The zero-order chi connectivity index (χ0) is 16.9. The smallest absolute Gasteiger partial charge is 0.416 e. The average Bonchev–Trinajstić information content (AvgIpc) is 2.51. The molecule has 0 fully saturated rings. The lowest BCUT2D eigenvalue weighted by atomic mass is 10.2. The molecule has 2 rings (SSSR count). The van der Waals surface area contributed by atoms with E-state index >= 15 is 0 Å². The number of para-hydroxylation sites is 1. The fraction of sp³-hybridized carbons (Fsp3) is 0.250. The summed E-state index contributed by atoms with van der Waals surface area (Å²) in [4.78, 5) is 0.839. The molecule has 0 aliphatic rings. The first kappa shape index (κ1) is 17.5. The molecule has 0 heterocycles. The molecule has 0 bridgehead atoms. The number of alkyl halides is 3. The molecular formula is C16H16F3NO2S. The summed E-state index contributed by atoms with van der Waals surface area (Å²) < 4.78 is 43.0. The molecule has 1 atom stereocenters. The molecular weight excluding hydrogens is 327 g/mol. The first-order chi connectivity index (χ1) is 10.9. The van der Waals surface area contributed by atoms with Crippen LogP contribution in [0.4, 0.5) is 18.9 Å². The highest BCUT2D eigenvalue weighted by Crippen LogP contribution is 2.31. The van der Waals surface area contributed by atoms with E-state index in [-0.39, 0.29) is 12.4 Å². The Balaban J connectivity index is 1.85. The number of rotatable bonds is 6. The highest BCUT2D eigenvalue weighted by molar-refractivity contribution is 7.99. The Hall–Kier alpha value is -1.86. The molecule has 0 saturated carbocycles. The molecule has 0 unspecified atom stereocenters. The molecule has 0 aliphatic carbocycles. The van der Waals surface area contributed by atoms with E-state index in [2.05, 4.69) is 0 Å². The highest BCUT2D eigenvalue weighted by Gasteiger charge is 2.30. The van der Waals surface area contributed by atoms with Crippen LogP contribution < -0.4 is 10.5 Å². The number of hydrogen-bond acceptors (Lipinski definition) is 4. The van der Waals surface area contributed by atoms with Crippen molar-refractivity contribution in [2.45, 2.75) is 17.2 Å². The van der Waals surface area contributed by atoms with Crippen molar-refractivity contribution in [3.63, 3.8) is 0 Å². The summed E-state index contributed by atoms with van der Waals surface area (Å²) in [5.74, 6) is 0.399. The number of halogens is 3. The molecule has 2 aromatic carbocycles. The number of thioether (sulfide) groups is 1. The molecule has 0 saturated heterocycles. The van der Waals surface area contributed by atoms with Crippen LogP contribution in [0.5, 0.6) is 5.75 Å². The summed E-state index contributed by atoms with van der Waals surface area (Å²) in [7, 11) is 0. The molecule has 0 amide bonds. The van der Waals surface area contributed by atoms with Crippen molar-refractivity contribution in [2.75, 3.05) is 18.1 Å². The Morgan fingerprint density at radius 2 is 1.87 bits per heavy atom. The quantitative estimate of drug-likeness (QED) is 0.618. The van der Waals surface area contributed by atoms with E-state index < -0.39 is 17.8 Å². The summed E-state index contributed by atoms with van der Waals surface area (Å²) in [6.45, 7) is -0.0962. The topological polar surface area (TPSA) is 55.5 Å². The number of nitrogen functional groups attached to an aromatic ring is 1. The third-order valence-corrected chi connectivity index (χ3v) is 4.19. The Kier molecular flexibility index (Phi) is 5.79. The number of aliphatic hydroxyl groups is 1. The van der Waals surface area contributed by atoms with E-state index in [4.69, 9.17) is 10.5 Å². The number of benzene rings is 2. The minimum atomic E-state index is -4.42.